The molecule has 1 aromatic carbocycles. The number of hydrogen-bond acceptors (Lipinski definition) is 4. The number of ether oxygens (including phenoxy) is 2. The van der Waals surface area contributed by atoms with Crippen LogP contribution in [0, 0.1) is 0 Å². The Balaban J connectivity index is 1.88. The molecule has 1 aromatic rings. The van der Waals surface area contributed by atoms with Crippen molar-refractivity contribution in [3.05, 3.63) is 41.2 Å². The molecule has 0 bridgehead atoms. The summed E-state index contributed by atoms with van der Waals surface area (Å²) in [6, 6.07) is 5.22. The molecule has 7 heteroatoms. The number of carbonyl (C=O) groups excluding carboxylic acids is 2. The van der Waals surface area contributed by atoms with Crippen molar-refractivity contribution in [2.24, 2.45) is 0 Å². The van der Waals surface area contributed by atoms with Gasteiger partial charge in [-0.15, -0.1) is 0 Å². The SMILES string of the molecule is CC(C)(C)OC(=O)NCC(=CF)COc1ccc2c(c1)C(=O)NCC2. The van der Waals surface area contributed by atoms with E-state index in [0.29, 0.717) is 24.2 Å². The third-order valence-electron chi connectivity index (χ3n) is 3.44. The quantitative estimate of drug-likeness (QED) is 0.856. The fraction of sp³-hybridized carbons (Fsp3) is 0.444. The van der Waals surface area contributed by atoms with Gasteiger partial charge < -0.3 is 20.1 Å². The lowest BCUT2D eigenvalue weighted by Crippen LogP contribution is -2.34. The summed E-state index contributed by atoms with van der Waals surface area (Å²) in [7, 11) is 0. The van der Waals surface area contributed by atoms with Crippen LogP contribution in [-0.2, 0) is 11.2 Å². The molecule has 0 saturated heterocycles. The lowest BCUT2D eigenvalue weighted by Gasteiger charge is -2.20. The summed E-state index contributed by atoms with van der Waals surface area (Å²) >= 11 is 0. The molecule has 1 aliphatic rings. The third-order valence-corrected chi connectivity index (χ3v) is 3.44. The molecule has 2 rings (SSSR count). The van der Waals surface area contributed by atoms with Crippen LogP contribution in [0.5, 0.6) is 5.75 Å². The number of rotatable bonds is 5. The smallest absolute Gasteiger partial charge is 0.407 e. The molecule has 0 spiro atoms. The largest absolute Gasteiger partial charge is 0.489 e. The third kappa shape index (κ3) is 5.77. The Morgan fingerprint density at radius 1 is 1.40 bits per heavy atom. The van der Waals surface area contributed by atoms with Gasteiger partial charge in [-0.3, -0.25) is 4.79 Å². The zero-order valence-electron chi connectivity index (χ0n) is 14.6. The maximum atomic E-state index is 13.0. The van der Waals surface area contributed by atoms with E-state index in [0.717, 1.165) is 12.0 Å². The highest BCUT2D eigenvalue weighted by atomic mass is 19.1. The maximum Gasteiger partial charge on any atom is 0.407 e. The van der Waals surface area contributed by atoms with Crippen LogP contribution < -0.4 is 15.4 Å². The minimum atomic E-state index is -0.627. The monoisotopic (exact) mass is 350 g/mol. The summed E-state index contributed by atoms with van der Waals surface area (Å²) in [5.41, 5.74) is 1.16. The predicted molar refractivity (Wildman–Crippen MR) is 91.4 cm³/mol. The molecule has 0 atom stereocenters. The molecular weight excluding hydrogens is 327 g/mol. The molecule has 1 aliphatic heterocycles. The highest BCUT2D eigenvalue weighted by Gasteiger charge is 2.18. The van der Waals surface area contributed by atoms with Gasteiger partial charge in [0.25, 0.3) is 5.91 Å². The van der Waals surface area contributed by atoms with Crippen LogP contribution in [0.25, 0.3) is 0 Å². The van der Waals surface area contributed by atoms with E-state index in [1.54, 1.807) is 32.9 Å². The first kappa shape index (κ1) is 18.8. The van der Waals surface area contributed by atoms with E-state index in [1.165, 1.54) is 0 Å². The maximum absolute atomic E-state index is 13.0. The van der Waals surface area contributed by atoms with Gasteiger partial charge in [0.2, 0.25) is 0 Å². The summed E-state index contributed by atoms with van der Waals surface area (Å²) < 4.78 is 23.6. The Morgan fingerprint density at radius 2 is 2.16 bits per heavy atom. The zero-order chi connectivity index (χ0) is 18.4. The van der Waals surface area contributed by atoms with E-state index in [-0.39, 0.29) is 24.6 Å². The van der Waals surface area contributed by atoms with Gasteiger partial charge in [0.1, 0.15) is 18.0 Å². The summed E-state index contributed by atoms with van der Waals surface area (Å²) in [5.74, 6) is 0.326. The van der Waals surface area contributed by atoms with E-state index in [1.807, 2.05) is 6.07 Å². The first-order valence-corrected chi connectivity index (χ1v) is 8.07. The lowest BCUT2D eigenvalue weighted by molar-refractivity contribution is 0.0531. The van der Waals surface area contributed by atoms with Crippen LogP contribution in [0.4, 0.5) is 9.18 Å². The van der Waals surface area contributed by atoms with Crippen LogP contribution in [0.15, 0.2) is 30.1 Å². The number of alkyl carbamates (subject to hydrolysis) is 1. The van der Waals surface area contributed by atoms with E-state index in [2.05, 4.69) is 10.6 Å². The Hall–Kier alpha value is -2.57. The van der Waals surface area contributed by atoms with Crippen molar-refractivity contribution in [1.29, 1.82) is 0 Å². The summed E-state index contributed by atoms with van der Waals surface area (Å²) in [4.78, 5) is 23.4. The first-order valence-electron chi connectivity index (χ1n) is 8.07. The van der Waals surface area contributed by atoms with E-state index in [9.17, 15) is 14.0 Å². The molecule has 0 aromatic heterocycles. The van der Waals surface area contributed by atoms with Crippen molar-refractivity contribution < 1.29 is 23.5 Å². The topological polar surface area (TPSA) is 76.7 Å². The van der Waals surface area contributed by atoms with Crippen LogP contribution in [-0.4, -0.2) is 37.3 Å². The van der Waals surface area contributed by atoms with Gasteiger partial charge in [0.05, 0.1) is 6.33 Å². The molecule has 136 valence electrons. The van der Waals surface area contributed by atoms with Gasteiger partial charge in [0, 0.05) is 24.2 Å². The van der Waals surface area contributed by atoms with Crippen molar-refractivity contribution in [2.75, 3.05) is 19.7 Å². The number of halogens is 1. The van der Waals surface area contributed by atoms with E-state index < -0.39 is 11.7 Å². The highest BCUT2D eigenvalue weighted by Crippen LogP contribution is 2.21. The van der Waals surface area contributed by atoms with Crippen molar-refractivity contribution in [3.8, 4) is 5.75 Å². The number of benzene rings is 1. The number of hydrogen-bond donors (Lipinski definition) is 2. The molecule has 0 unspecified atom stereocenters. The molecular formula is C18H23FN2O4. The number of nitrogens with one attached hydrogen (secondary N) is 2. The molecule has 0 radical (unpaired) electrons. The van der Waals surface area contributed by atoms with E-state index >= 15 is 0 Å². The molecule has 25 heavy (non-hydrogen) atoms. The Labute approximate surface area is 146 Å². The average Bonchev–Trinajstić information content (AvgIpc) is 2.54. The van der Waals surface area contributed by atoms with Gasteiger partial charge in [-0.1, -0.05) is 6.07 Å². The van der Waals surface area contributed by atoms with Gasteiger partial charge in [0.15, 0.2) is 0 Å². The molecule has 0 aliphatic carbocycles. The lowest BCUT2D eigenvalue weighted by atomic mass is 10.0. The zero-order valence-corrected chi connectivity index (χ0v) is 14.6. The number of amides is 2. The Kier molecular flexibility index (Phi) is 6.01. The van der Waals surface area contributed by atoms with Crippen LogP contribution in [0.2, 0.25) is 0 Å². The van der Waals surface area contributed by atoms with Gasteiger partial charge >= 0.3 is 6.09 Å². The van der Waals surface area contributed by atoms with Crippen molar-refractivity contribution in [3.63, 3.8) is 0 Å². The molecule has 2 amide bonds. The summed E-state index contributed by atoms with van der Waals surface area (Å²) in [5, 5.41) is 5.24. The molecule has 0 fully saturated rings. The predicted octanol–water partition coefficient (Wildman–Crippen LogP) is 2.73. The number of carbonyl (C=O) groups is 2. The van der Waals surface area contributed by atoms with Crippen molar-refractivity contribution in [2.45, 2.75) is 32.8 Å². The minimum Gasteiger partial charge on any atom is -0.489 e. The number of fused-ring (bicyclic) bond motifs is 1. The summed E-state index contributed by atoms with van der Waals surface area (Å²) in [6.45, 7) is 5.77. The van der Waals surface area contributed by atoms with Crippen molar-refractivity contribution >= 4 is 12.0 Å². The first-order chi connectivity index (χ1) is 11.8. The highest BCUT2D eigenvalue weighted by molar-refractivity contribution is 5.97. The van der Waals surface area contributed by atoms with Crippen LogP contribution in [0.3, 0.4) is 0 Å². The van der Waals surface area contributed by atoms with Gasteiger partial charge in [-0.2, -0.15) is 0 Å². The minimum absolute atomic E-state index is 0.0309. The fourth-order valence-electron chi connectivity index (χ4n) is 2.28. The molecule has 0 saturated carbocycles. The van der Waals surface area contributed by atoms with Gasteiger partial charge in [-0.25, -0.2) is 9.18 Å². The second-order valence-electron chi connectivity index (χ2n) is 6.74. The fourth-order valence-corrected chi connectivity index (χ4v) is 2.28. The van der Waals surface area contributed by atoms with Gasteiger partial charge in [-0.05, 0) is 44.9 Å². The average molecular weight is 350 g/mol. The Morgan fingerprint density at radius 3 is 2.84 bits per heavy atom. The van der Waals surface area contributed by atoms with E-state index in [4.69, 9.17) is 9.47 Å². The summed E-state index contributed by atoms with van der Waals surface area (Å²) in [6.07, 6.45) is 0.538. The normalized spacial score (nSPS) is 14.4. The Bertz CT molecular complexity index is 680. The van der Waals surface area contributed by atoms with Crippen LogP contribution >= 0.6 is 0 Å². The second-order valence-corrected chi connectivity index (χ2v) is 6.74. The second kappa shape index (κ2) is 8.00. The standard InChI is InChI=1S/C18H23FN2O4/c1-18(2,3)25-17(23)21-10-12(9-19)11-24-14-5-4-13-6-7-20-16(22)15(13)8-14/h4-5,8-9H,6-7,10-11H2,1-3H3,(H,20,22)(H,21,23). The molecule has 6 nitrogen and oxygen atoms in total. The molecule has 2 N–H and O–H groups in total. The van der Waals surface area contributed by atoms with Crippen LogP contribution in [0.1, 0.15) is 36.7 Å². The molecule has 1 heterocycles. The van der Waals surface area contributed by atoms with Crippen molar-refractivity contribution in [1.82, 2.24) is 10.6 Å².